The van der Waals surface area contributed by atoms with Gasteiger partial charge in [0.2, 0.25) is 0 Å². The number of anilines is 1. The van der Waals surface area contributed by atoms with Crippen molar-refractivity contribution in [2.45, 2.75) is 21.6 Å². The van der Waals surface area contributed by atoms with Crippen molar-refractivity contribution in [3.05, 3.63) is 97.1 Å². The molecule has 0 aliphatic carbocycles. The maximum atomic E-state index is 11.7. The zero-order valence-electron chi connectivity index (χ0n) is 32.2. The van der Waals surface area contributed by atoms with Gasteiger partial charge in [-0.05, 0) is 91.2 Å². The van der Waals surface area contributed by atoms with Gasteiger partial charge in [-0.25, -0.2) is 5.26 Å². The minimum atomic E-state index is -4.76. The summed E-state index contributed by atoms with van der Waals surface area (Å²) in [6, 6.07) is 23.5. The van der Waals surface area contributed by atoms with Crippen LogP contribution in [0.25, 0.3) is 10.8 Å². The summed E-state index contributed by atoms with van der Waals surface area (Å²) in [6.45, 7) is 1.83. The normalized spacial score (nSPS) is 12.5. The molecule has 0 spiro atoms. The molecule has 9 N–H and O–H groups in total. The zero-order valence-corrected chi connectivity index (χ0v) is 35.6. The fraction of sp³-hybridized carbons (Fsp3) is 0.0811. The molecular weight excluding hydrogens is 938 g/mol. The largest absolute Gasteiger partial charge is 0.506 e. The van der Waals surface area contributed by atoms with Crippen molar-refractivity contribution in [2.24, 2.45) is 40.9 Å². The van der Waals surface area contributed by atoms with Crippen molar-refractivity contribution in [3.63, 3.8) is 0 Å². The summed E-state index contributed by atoms with van der Waals surface area (Å²) in [5.41, 5.74) is 7.13. The summed E-state index contributed by atoms with van der Waals surface area (Å²) >= 11 is 0.826. The van der Waals surface area contributed by atoms with E-state index in [9.17, 15) is 36.8 Å². The van der Waals surface area contributed by atoms with Crippen LogP contribution in [-0.2, 0) is 36.6 Å². The van der Waals surface area contributed by atoms with E-state index < -0.39 is 48.0 Å². The monoisotopic (exact) mass is 970 g/mol. The molecule has 0 saturated heterocycles. The van der Waals surface area contributed by atoms with Gasteiger partial charge < -0.3 is 39.1 Å². The van der Waals surface area contributed by atoms with Crippen LogP contribution >= 0.6 is 22.9 Å². The smallest absolute Gasteiger partial charge is 0.294 e. The number of fused-ring (bicyclic) bond motifs is 1. The van der Waals surface area contributed by atoms with E-state index in [0.29, 0.717) is 39.1 Å². The first-order chi connectivity index (χ1) is 29.6. The standard InChI is InChI=1S/C37H33N9O13S3.Cu/c1-3-57-33-19-29(44-46-36-34(62(53,54)55)15-20-14-26(61(50,51)52)17-27(38)35(20)37(36)48)31(47)18-30(33)45-42-24-10-13-28(32(16-24)56-2)43-41-22-6-4-21(5-7-22)39-40-23-8-11-25(12-9-23)60-59-58-49;/h4-19,47-49,53-55H,3,38H2,1-2H3,(H,50,51,52);. The number of azo groups is 4. The average Bonchev–Trinajstić information content (AvgIpc) is 3.24. The fourth-order valence-corrected chi connectivity index (χ4v) is 6.97. The Bertz CT molecular complexity index is 2850. The SMILES string of the molecule is CCOc1cc(N=Nc2c(S(O)(O)O)cc3cc(S(=O)(=O)O)cc(N)c3c2O)c(O)cc1N=Nc1ccc(N=Nc2ccc(N=Nc3ccc(SOOO)cc3)cc2)c(OC)c1.[Cu]. The predicted molar refractivity (Wildman–Crippen MR) is 226 cm³/mol. The molecule has 6 rings (SSSR count). The number of rotatable bonds is 16. The van der Waals surface area contributed by atoms with E-state index in [0.717, 1.165) is 36.3 Å². The summed E-state index contributed by atoms with van der Waals surface area (Å²) in [5.74, 6) is -0.934. The second-order valence-electron chi connectivity index (χ2n) is 12.3. The van der Waals surface area contributed by atoms with Crippen LogP contribution in [0.3, 0.4) is 0 Å². The number of nitrogens with zero attached hydrogens (tertiary/aromatic N) is 8. The third-order valence-corrected chi connectivity index (χ3v) is 10.5. The van der Waals surface area contributed by atoms with Gasteiger partial charge in [0, 0.05) is 51.2 Å². The molecule has 0 bridgehead atoms. The Kier molecular flexibility index (Phi) is 15.8. The summed E-state index contributed by atoms with van der Waals surface area (Å²) in [7, 11) is -7.96. The topological polar surface area (TPSA) is 338 Å². The van der Waals surface area contributed by atoms with Gasteiger partial charge in [0.05, 0.1) is 58.3 Å². The second kappa shape index (κ2) is 20.8. The van der Waals surface area contributed by atoms with Crippen LogP contribution in [0.2, 0.25) is 0 Å². The number of nitrogens with two attached hydrogens (primary N) is 1. The molecule has 0 heterocycles. The first kappa shape index (κ1) is 47.9. The van der Waals surface area contributed by atoms with Crippen molar-refractivity contribution in [1.82, 2.24) is 0 Å². The molecule has 0 atom stereocenters. The molecule has 0 aromatic heterocycles. The van der Waals surface area contributed by atoms with E-state index in [1.54, 1.807) is 73.7 Å². The van der Waals surface area contributed by atoms with Crippen LogP contribution in [0.5, 0.6) is 23.0 Å². The number of hydrogen-bond donors (Lipinski definition) is 8. The molecule has 0 fully saturated rings. The molecule has 0 unspecified atom stereocenters. The van der Waals surface area contributed by atoms with E-state index in [4.69, 9.17) is 20.5 Å². The van der Waals surface area contributed by atoms with E-state index in [1.807, 2.05) is 0 Å². The van der Waals surface area contributed by atoms with E-state index in [1.165, 1.54) is 13.2 Å². The van der Waals surface area contributed by atoms with Crippen molar-refractivity contribution < 1.29 is 78.0 Å². The van der Waals surface area contributed by atoms with Gasteiger partial charge in [-0.1, -0.05) is 5.04 Å². The van der Waals surface area contributed by atoms with Gasteiger partial charge in [-0.2, -0.15) is 28.9 Å². The van der Waals surface area contributed by atoms with Crippen molar-refractivity contribution in [1.29, 1.82) is 0 Å². The zero-order chi connectivity index (χ0) is 44.6. The Morgan fingerprint density at radius 3 is 1.83 bits per heavy atom. The van der Waals surface area contributed by atoms with Gasteiger partial charge in [0.15, 0.2) is 5.75 Å². The van der Waals surface area contributed by atoms with Gasteiger partial charge in [-0.15, -0.1) is 24.8 Å². The number of hydrogen-bond acceptors (Lipinski definition) is 22. The summed E-state index contributed by atoms with van der Waals surface area (Å²) < 4.78 is 79.0. The summed E-state index contributed by atoms with van der Waals surface area (Å²) in [5, 5.41) is 66.6. The molecule has 0 amide bonds. The molecular formula is C37H33CuN9O13S3. The molecule has 22 nitrogen and oxygen atoms in total. The number of aromatic hydroxyl groups is 2. The van der Waals surface area contributed by atoms with Crippen LogP contribution < -0.4 is 15.2 Å². The molecule has 63 heavy (non-hydrogen) atoms. The first-order valence-corrected chi connectivity index (χ1v) is 21.0. The Balaban J connectivity index is 0.00000748. The third-order valence-electron chi connectivity index (χ3n) is 8.20. The van der Waals surface area contributed by atoms with Gasteiger partial charge in [-0.3, -0.25) is 4.55 Å². The Labute approximate surface area is 373 Å². The van der Waals surface area contributed by atoms with Gasteiger partial charge >= 0.3 is 0 Å². The number of methoxy groups -OCH3 is 1. The minimum Gasteiger partial charge on any atom is -0.506 e. The predicted octanol–water partition coefficient (Wildman–Crippen LogP) is 12.2. The average molecular weight is 971 g/mol. The molecule has 0 aliphatic heterocycles. The van der Waals surface area contributed by atoms with Crippen molar-refractivity contribution >= 4 is 95.0 Å². The number of benzene rings is 6. The van der Waals surface area contributed by atoms with Gasteiger partial charge in [0.1, 0.15) is 50.9 Å². The molecule has 333 valence electrons. The van der Waals surface area contributed by atoms with E-state index >= 15 is 0 Å². The maximum Gasteiger partial charge on any atom is 0.294 e. The van der Waals surface area contributed by atoms with Crippen LogP contribution in [0.15, 0.2) is 153 Å². The number of ether oxygens (including phenoxy) is 2. The number of phenolic OH excluding ortho intramolecular Hbond substituents is 2. The second-order valence-corrected chi connectivity index (χ2v) is 16.0. The molecule has 0 aliphatic rings. The maximum absolute atomic E-state index is 11.7. The molecule has 1 radical (unpaired) electrons. The first-order valence-electron chi connectivity index (χ1n) is 17.3. The third kappa shape index (κ3) is 12.1. The minimum absolute atomic E-state index is 0. The van der Waals surface area contributed by atoms with Crippen LogP contribution in [-0.4, -0.2) is 55.8 Å². The van der Waals surface area contributed by atoms with E-state index in [-0.39, 0.29) is 57.3 Å². The Hall–Kier alpha value is -6.13. The van der Waals surface area contributed by atoms with Crippen molar-refractivity contribution in [2.75, 3.05) is 19.5 Å². The Morgan fingerprint density at radius 2 is 1.24 bits per heavy atom. The summed E-state index contributed by atoms with van der Waals surface area (Å²) in [4.78, 5) is -0.751. The molecule has 6 aromatic carbocycles. The van der Waals surface area contributed by atoms with E-state index in [2.05, 4.69) is 50.3 Å². The molecule has 26 heteroatoms. The quantitative estimate of drug-likeness (QED) is 0.00850. The van der Waals surface area contributed by atoms with Crippen LogP contribution in [0, 0.1) is 0 Å². The Morgan fingerprint density at radius 1 is 0.667 bits per heavy atom. The summed E-state index contributed by atoms with van der Waals surface area (Å²) in [6.07, 6.45) is 0. The van der Waals surface area contributed by atoms with Gasteiger partial charge in [0.25, 0.3) is 10.1 Å². The molecule has 0 saturated carbocycles. The van der Waals surface area contributed by atoms with Crippen molar-refractivity contribution in [3.8, 4) is 23.0 Å². The number of phenols is 2. The number of nitrogen functional groups attached to an aromatic ring is 1. The van der Waals surface area contributed by atoms with Crippen LogP contribution in [0.4, 0.5) is 51.2 Å². The molecule has 6 aromatic rings. The fourth-order valence-electron chi connectivity index (χ4n) is 5.38. The van der Waals surface area contributed by atoms with Crippen LogP contribution in [0.1, 0.15) is 6.92 Å².